The predicted octanol–water partition coefficient (Wildman–Crippen LogP) is 1.96. The first kappa shape index (κ1) is 13.5. The Morgan fingerprint density at radius 1 is 1.43 bits per heavy atom. The van der Waals surface area contributed by atoms with Crippen LogP contribution in [0.15, 0.2) is 0 Å². The van der Waals surface area contributed by atoms with E-state index in [1.54, 1.807) is 11.8 Å². The number of thioether (sulfide) groups is 1. The highest BCUT2D eigenvalue weighted by Gasteiger charge is 2.31. The Kier molecular flexibility index (Phi) is 6.62. The quantitative estimate of drug-likeness (QED) is 0.719. The zero-order valence-corrected chi connectivity index (χ0v) is 10.1. The number of rotatable bonds is 2. The first-order valence-corrected chi connectivity index (χ1v) is 5.94. The summed E-state index contributed by atoms with van der Waals surface area (Å²) in [7, 11) is 0. The summed E-state index contributed by atoms with van der Waals surface area (Å²) < 4.78 is 0. The monoisotopic (exact) mass is 217 g/mol. The van der Waals surface area contributed by atoms with Gasteiger partial charge >= 0.3 is 0 Å². The molecule has 0 radical (unpaired) electrons. The minimum atomic E-state index is -0.150. The van der Waals surface area contributed by atoms with Crippen LogP contribution in [0.3, 0.4) is 0 Å². The number of nitrogens with one attached hydrogen (secondary N) is 1. The van der Waals surface area contributed by atoms with E-state index >= 15 is 0 Å². The third kappa shape index (κ3) is 5.27. The van der Waals surface area contributed by atoms with Gasteiger partial charge in [0.25, 0.3) is 0 Å². The molecular weight excluding hydrogens is 198 g/mol. The van der Waals surface area contributed by atoms with E-state index in [0.717, 1.165) is 0 Å². The Hall–Kier alpha value is -0.510. The second-order valence-corrected chi connectivity index (χ2v) is 5.28. The fourth-order valence-electron chi connectivity index (χ4n) is 0.968. The van der Waals surface area contributed by atoms with Crippen LogP contribution in [-0.4, -0.2) is 22.3 Å². The molecule has 14 heavy (non-hydrogen) atoms. The molecule has 1 fully saturated rings. The van der Waals surface area contributed by atoms with Crippen LogP contribution in [0, 0.1) is 0 Å². The minimum absolute atomic E-state index is 0.131. The fraction of sp³-hybridized carbons (Fsp3) is 0.800. The van der Waals surface area contributed by atoms with Crippen LogP contribution in [0.2, 0.25) is 0 Å². The highest BCUT2D eigenvalue weighted by Crippen LogP contribution is 2.23. The van der Waals surface area contributed by atoms with Crippen molar-refractivity contribution < 1.29 is 9.59 Å². The maximum absolute atomic E-state index is 11.0. The molecule has 1 rings (SSSR count). The topological polar surface area (TPSA) is 46.2 Å². The third-order valence-corrected chi connectivity index (χ3v) is 2.62. The van der Waals surface area contributed by atoms with Crippen LogP contribution >= 0.6 is 11.8 Å². The fourth-order valence-corrected chi connectivity index (χ4v) is 2.06. The number of carbonyl (C=O) groups excluding carboxylic acids is 2. The molecule has 0 aromatic rings. The zero-order valence-electron chi connectivity index (χ0n) is 9.29. The maximum Gasteiger partial charge on any atom is 0.240 e. The molecule has 1 saturated heterocycles. The van der Waals surface area contributed by atoms with Crippen LogP contribution in [0.1, 0.15) is 40.5 Å². The highest BCUT2D eigenvalue weighted by molar-refractivity contribution is 8.01. The van der Waals surface area contributed by atoms with Crippen molar-refractivity contribution in [2.75, 3.05) is 0 Å². The molecule has 1 aliphatic heterocycles. The Balaban J connectivity index is 0.000000500. The van der Waals surface area contributed by atoms with E-state index in [2.05, 4.69) is 19.2 Å². The summed E-state index contributed by atoms with van der Waals surface area (Å²) in [6.45, 7) is 8.28. The Bertz CT molecular complexity index is 204. The molecule has 4 heteroatoms. The van der Waals surface area contributed by atoms with Crippen LogP contribution < -0.4 is 5.32 Å². The van der Waals surface area contributed by atoms with Crippen LogP contribution in [-0.2, 0) is 9.59 Å². The summed E-state index contributed by atoms with van der Waals surface area (Å²) in [4.78, 5) is 21.7. The van der Waals surface area contributed by atoms with Gasteiger partial charge in [-0.05, 0) is 5.25 Å². The largest absolute Gasteiger partial charge is 0.295 e. The normalized spacial score (nSPS) is 20.5. The van der Waals surface area contributed by atoms with Crippen LogP contribution in [0.5, 0.6) is 0 Å². The van der Waals surface area contributed by atoms with Gasteiger partial charge in [0.2, 0.25) is 11.8 Å². The van der Waals surface area contributed by atoms with Gasteiger partial charge in [-0.25, -0.2) is 0 Å². The average molecular weight is 217 g/mol. The number of hydrogen-bond donors (Lipinski definition) is 1. The molecule has 0 bridgehead atoms. The lowest BCUT2D eigenvalue weighted by Gasteiger charge is -2.07. The molecule has 0 spiro atoms. The maximum atomic E-state index is 11.0. The van der Waals surface area contributed by atoms with Gasteiger partial charge in [0.15, 0.2) is 0 Å². The summed E-state index contributed by atoms with van der Waals surface area (Å²) in [6.07, 6.45) is 1.60. The molecule has 1 aliphatic rings. The molecule has 3 nitrogen and oxygen atoms in total. The van der Waals surface area contributed by atoms with Crippen molar-refractivity contribution in [2.24, 2.45) is 0 Å². The van der Waals surface area contributed by atoms with E-state index in [-0.39, 0.29) is 17.1 Å². The van der Waals surface area contributed by atoms with Gasteiger partial charge in [-0.3, -0.25) is 14.9 Å². The van der Waals surface area contributed by atoms with Gasteiger partial charge in [-0.15, -0.1) is 11.8 Å². The van der Waals surface area contributed by atoms with E-state index in [1.165, 1.54) is 6.42 Å². The second kappa shape index (κ2) is 6.87. The smallest absolute Gasteiger partial charge is 0.240 e. The highest BCUT2D eigenvalue weighted by atomic mass is 32.2. The molecule has 0 saturated carbocycles. The Morgan fingerprint density at radius 2 is 1.93 bits per heavy atom. The Morgan fingerprint density at radius 3 is 2.21 bits per heavy atom. The van der Waals surface area contributed by atoms with Gasteiger partial charge in [-0.2, -0.15) is 0 Å². The zero-order chi connectivity index (χ0) is 11.1. The first-order chi connectivity index (χ1) is 6.51. The first-order valence-electron chi connectivity index (χ1n) is 5.00. The molecule has 0 aromatic heterocycles. The standard InChI is InChI=1S/C7H11NO2S.C3H8/c1-4(2)11-5-3-6(9)8-7(5)10;1-3-2/h4-5H,3H2,1-2H3,(H,8,9,10);3H2,1-2H3. The van der Waals surface area contributed by atoms with Gasteiger partial charge in [-0.1, -0.05) is 34.1 Å². The van der Waals surface area contributed by atoms with Crippen molar-refractivity contribution >= 4 is 23.6 Å². The molecule has 82 valence electrons. The number of carbonyl (C=O) groups is 2. The summed E-state index contributed by atoms with van der Waals surface area (Å²) >= 11 is 1.54. The van der Waals surface area contributed by atoms with E-state index in [4.69, 9.17) is 0 Å². The second-order valence-electron chi connectivity index (χ2n) is 3.50. The van der Waals surface area contributed by atoms with Gasteiger partial charge in [0.05, 0.1) is 5.25 Å². The molecule has 1 atom stereocenters. The summed E-state index contributed by atoms with van der Waals surface area (Å²) in [5, 5.41) is 2.52. The van der Waals surface area contributed by atoms with Crippen molar-refractivity contribution in [3.05, 3.63) is 0 Å². The number of amides is 2. The average Bonchev–Trinajstić information content (AvgIpc) is 2.30. The molecule has 1 N–H and O–H groups in total. The van der Waals surface area contributed by atoms with Crippen LogP contribution in [0.25, 0.3) is 0 Å². The summed E-state index contributed by atoms with van der Waals surface area (Å²) in [6, 6.07) is 0. The van der Waals surface area contributed by atoms with Crippen LogP contribution in [0.4, 0.5) is 0 Å². The lowest BCUT2D eigenvalue weighted by Crippen LogP contribution is -2.23. The third-order valence-electron chi connectivity index (χ3n) is 1.36. The van der Waals surface area contributed by atoms with E-state index in [9.17, 15) is 9.59 Å². The van der Waals surface area contributed by atoms with Crippen molar-refractivity contribution in [2.45, 2.75) is 51.0 Å². The van der Waals surface area contributed by atoms with Gasteiger partial charge in [0, 0.05) is 6.42 Å². The van der Waals surface area contributed by atoms with Crippen molar-refractivity contribution in [1.82, 2.24) is 5.32 Å². The molecule has 0 aliphatic carbocycles. The molecule has 1 heterocycles. The lowest BCUT2D eigenvalue weighted by atomic mass is 10.4. The summed E-state index contributed by atoms with van der Waals surface area (Å²) in [5.74, 6) is -0.276. The number of imide groups is 1. The Labute approximate surface area is 90.0 Å². The van der Waals surface area contributed by atoms with E-state index < -0.39 is 0 Å². The molecule has 0 aromatic carbocycles. The van der Waals surface area contributed by atoms with Crippen molar-refractivity contribution in [1.29, 1.82) is 0 Å². The van der Waals surface area contributed by atoms with Crippen molar-refractivity contribution in [3.63, 3.8) is 0 Å². The predicted molar refractivity (Wildman–Crippen MR) is 60.2 cm³/mol. The molecular formula is C10H19NO2S. The van der Waals surface area contributed by atoms with E-state index in [1.807, 2.05) is 13.8 Å². The molecule has 2 amide bonds. The van der Waals surface area contributed by atoms with Gasteiger partial charge in [0.1, 0.15) is 0 Å². The lowest BCUT2D eigenvalue weighted by molar-refractivity contribution is -0.124. The van der Waals surface area contributed by atoms with Gasteiger partial charge < -0.3 is 0 Å². The molecule has 1 unspecified atom stereocenters. The number of hydrogen-bond acceptors (Lipinski definition) is 3. The van der Waals surface area contributed by atoms with Crippen molar-refractivity contribution in [3.8, 4) is 0 Å². The SMILES string of the molecule is CC(C)SC1CC(=O)NC1=O.CCC. The van der Waals surface area contributed by atoms with E-state index in [0.29, 0.717) is 11.7 Å². The minimum Gasteiger partial charge on any atom is -0.295 e. The summed E-state index contributed by atoms with van der Waals surface area (Å²) in [5.41, 5.74) is 0.